The van der Waals surface area contributed by atoms with Gasteiger partial charge in [-0.25, -0.2) is 0 Å². The standard InChI is InChI=1S/C13H20N2/c1-2-7-13(6-1)8-4-12(5-9-13)15-11-3-10-14-15/h3,10-12H,1-2,4-9H2. The number of hydrogen-bond donors (Lipinski definition) is 0. The van der Waals surface area contributed by atoms with Crippen molar-refractivity contribution in [2.45, 2.75) is 57.4 Å². The second kappa shape index (κ2) is 3.66. The van der Waals surface area contributed by atoms with E-state index in [-0.39, 0.29) is 0 Å². The fraction of sp³-hybridized carbons (Fsp3) is 0.769. The van der Waals surface area contributed by atoms with Crippen LogP contribution in [0.5, 0.6) is 0 Å². The van der Waals surface area contributed by atoms with Gasteiger partial charge in [-0.1, -0.05) is 12.8 Å². The van der Waals surface area contributed by atoms with Gasteiger partial charge in [0.1, 0.15) is 0 Å². The first-order chi connectivity index (χ1) is 7.38. The molecule has 2 aliphatic rings. The summed E-state index contributed by atoms with van der Waals surface area (Å²) in [7, 11) is 0. The fourth-order valence-electron chi connectivity index (χ4n) is 3.60. The van der Waals surface area contributed by atoms with Gasteiger partial charge in [-0.3, -0.25) is 4.68 Å². The lowest BCUT2D eigenvalue weighted by molar-refractivity contribution is 0.152. The molecule has 0 atom stereocenters. The summed E-state index contributed by atoms with van der Waals surface area (Å²) in [5.41, 5.74) is 0.754. The van der Waals surface area contributed by atoms with Gasteiger partial charge in [-0.05, 0) is 50.0 Å². The van der Waals surface area contributed by atoms with E-state index in [0.717, 1.165) is 5.41 Å². The Morgan fingerprint density at radius 1 is 1.07 bits per heavy atom. The Morgan fingerprint density at radius 2 is 1.80 bits per heavy atom. The van der Waals surface area contributed by atoms with E-state index in [1.54, 1.807) is 0 Å². The van der Waals surface area contributed by atoms with Crippen molar-refractivity contribution >= 4 is 0 Å². The van der Waals surface area contributed by atoms with E-state index in [9.17, 15) is 0 Å². The summed E-state index contributed by atoms with van der Waals surface area (Å²) in [5, 5.41) is 4.37. The van der Waals surface area contributed by atoms with E-state index in [0.29, 0.717) is 6.04 Å². The first-order valence-corrected chi connectivity index (χ1v) is 6.37. The summed E-state index contributed by atoms with van der Waals surface area (Å²) >= 11 is 0. The van der Waals surface area contributed by atoms with Gasteiger partial charge in [-0.2, -0.15) is 5.10 Å². The Morgan fingerprint density at radius 3 is 2.40 bits per heavy atom. The van der Waals surface area contributed by atoms with Crippen molar-refractivity contribution in [3.63, 3.8) is 0 Å². The Bertz CT molecular complexity index is 299. The van der Waals surface area contributed by atoms with Crippen molar-refractivity contribution in [2.75, 3.05) is 0 Å². The van der Waals surface area contributed by atoms with Crippen LogP contribution in [0, 0.1) is 5.41 Å². The molecule has 1 heterocycles. The second-order valence-corrected chi connectivity index (χ2v) is 5.42. The first kappa shape index (κ1) is 9.44. The van der Waals surface area contributed by atoms with E-state index in [4.69, 9.17) is 0 Å². The lowest BCUT2D eigenvalue weighted by Gasteiger charge is -2.37. The van der Waals surface area contributed by atoms with Crippen LogP contribution in [0.3, 0.4) is 0 Å². The summed E-state index contributed by atoms with van der Waals surface area (Å²) in [6.07, 6.45) is 15.6. The normalized spacial score (nSPS) is 26.1. The van der Waals surface area contributed by atoms with Crippen LogP contribution < -0.4 is 0 Å². The summed E-state index contributed by atoms with van der Waals surface area (Å²) < 4.78 is 2.17. The minimum atomic E-state index is 0.686. The molecule has 0 unspecified atom stereocenters. The molecular formula is C13H20N2. The lowest BCUT2D eigenvalue weighted by Crippen LogP contribution is -2.26. The molecule has 1 spiro atoms. The molecule has 0 aromatic carbocycles. The summed E-state index contributed by atoms with van der Waals surface area (Å²) in [6, 6.07) is 2.73. The highest BCUT2D eigenvalue weighted by Crippen LogP contribution is 2.50. The average Bonchev–Trinajstić information content (AvgIpc) is 2.91. The van der Waals surface area contributed by atoms with Gasteiger partial charge >= 0.3 is 0 Å². The van der Waals surface area contributed by atoms with E-state index in [1.807, 2.05) is 12.3 Å². The summed E-state index contributed by atoms with van der Waals surface area (Å²) in [6.45, 7) is 0. The van der Waals surface area contributed by atoms with E-state index in [1.165, 1.54) is 51.4 Å². The molecule has 0 bridgehead atoms. The van der Waals surface area contributed by atoms with Gasteiger partial charge in [0.05, 0.1) is 6.04 Å². The molecule has 82 valence electrons. The molecule has 0 radical (unpaired) electrons. The minimum absolute atomic E-state index is 0.686. The van der Waals surface area contributed by atoms with Crippen LogP contribution in [-0.4, -0.2) is 9.78 Å². The fourth-order valence-corrected chi connectivity index (χ4v) is 3.60. The van der Waals surface area contributed by atoms with Gasteiger partial charge in [-0.15, -0.1) is 0 Å². The zero-order valence-corrected chi connectivity index (χ0v) is 9.36. The maximum Gasteiger partial charge on any atom is 0.0519 e. The Labute approximate surface area is 91.7 Å². The second-order valence-electron chi connectivity index (χ2n) is 5.42. The molecular weight excluding hydrogens is 184 g/mol. The molecule has 1 aromatic heterocycles. The number of hydrogen-bond acceptors (Lipinski definition) is 1. The van der Waals surface area contributed by atoms with Crippen molar-refractivity contribution in [1.29, 1.82) is 0 Å². The first-order valence-electron chi connectivity index (χ1n) is 6.37. The average molecular weight is 204 g/mol. The molecule has 2 fully saturated rings. The minimum Gasteiger partial charge on any atom is -0.270 e. The zero-order chi connectivity index (χ0) is 10.1. The van der Waals surface area contributed by atoms with Gasteiger partial charge < -0.3 is 0 Å². The SMILES string of the molecule is c1cnn(C2CCC3(CCCC3)CC2)c1. The number of aromatic nitrogens is 2. The van der Waals surface area contributed by atoms with Crippen molar-refractivity contribution in [1.82, 2.24) is 9.78 Å². The molecule has 0 aliphatic heterocycles. The smallest absolute Gasteiger partial charge is 0.0519 e. The third-order valence-electron chi connectivity index (χ3n) is 4.58. The number of rotatable bonds is 1. The molecule has 2 aliphatic carbocycles. The molecule has 2 heteroatoms. The molecule has 0 saturated heterocycles. The predicted octanol–water partition coefficient (Wildman–Crippen LogP) is 3.56. The van der Waals surface area contributed by atoms with E-state index < -0.39 is 0 Å². The third-order valence-corrected chi connectivity index (χ3v) is 4.58. The lowest BCUT2D eigenvalue weighted by atomic mass is 9.71. The molecule has 1 aromatic rings. The Balaban J connectivity index is 1.65. The van der Waals surface area contributed by atoms with Crippen molar-refractivity contribution in [2.24, 2.45) is 5.41 Å². The third kappa shape index (κ3) is 1.70. The topological polar surface area (TPSA) is 17.8 Å². The van der Waals surface area contributed by atoms with Crippen LogP contribution in [0.25, 0.3) is 0 Å². The Hall–Kier alpha value is -0.790. The van der Waals surface area contributed by atoms with E-state index >= 15 is 0 Å². The van der Waals surface area contributed by atoms with Crippen LogP contribution in [0.1, 0.15) is 57.4 Å². The Kier molecular flexibility index (Phi) is 2.30. The van der Waals surface area contributed by atoms with Gasteiger partial charge in [0.15, 0.2) is 0 Å². The van der Waals surface area contributed by atoms with Crippen LogP contribution in [0.4, 0.5) is 0 Å². The molecule has 2 saturated carbocycles. The van der Waals surface area contributed by atoms with Gasteiger partial charge in [0.25, 0.3) is 0 Å². The zero-order valence-electron chi connectivity index (χ0n) is 9.36. The van der Waals surface area contributed by atoms with Crippen molar-refractivity contribution < 1.29 is 0 Å². The highest BCUT2D eigenvalue weighted by Gasteiger charge is 2.37. The highest BCUT2D eigenvalue weighted by molar-refractivity contribution is 4.92. The summed E-state index contributed by atoms with van der Waals surface area (Å²) in [5.74, 6) is 0. The van der Waals surface area contributed by atoms with Crippen LogP contribution in [-0.2, 0) is 0 Å². The molecule has 15 heavy (non-hydrogen) atoms. The molecule has 0 amide bonds. The molecule has 2 nitrogen and oxygen atoms in total. The quantitative estimate of drug-likeness (QED) is 0.684. The monoisotopic (exact) mass is 204 g/mol. The van der Waals surface area contributed by atoms with Gasteiger partial charge in [0, 0.05) is 12.4 Å². The molecule has 3 rings (SSSR count). The predicted molar refractivity (Wildman–Crippen MR) is 60.6 cm³/mol. The highest BCUT2D eigenvalue weighted by atomic mass is 15.3. The van der Waals surface area contributed by atoms with Crippen LogP contribution >= 0.6 is 0 Å². The largest absolute Gasteiger partial charge is 0.270 e. The van der Waals surface area contributed by atoms with E-state index in [2.05, 4.69) is 16.0 Å². The maximum atomic E-state index is 4.37. The van der Waals surface area contributed by atoms with Crippen LogP contribution in [0.15, 0.2) is 18.5 Å². The summed E-state index contributed by atoms with van der Waals surface area (Å²) in [4.78, 5) is 0. The van der Waals surface area contributed by atoms with Crippen molar-refractivity contribution in [3.05, 3.63) is 18.5 Å². The van der Waals surface area contributed by atoms with Crippen molar-refractivity contribution in [3.8, 4) is 0 Å². The number of nitrogens with zero attached hydrogens (tertiary/aromatic N) is 2. The van der Waals surface area contributed by atoms with Gasteiger partial charge in [0.2, 0.25) is 0 Å². The molecule has 0 N–H and O–H groups in total. The van der Waals surface area contributed by atoms with Crippen LogP contribution in [0.2, 0.25) is 0 Å². The maximum absolute atomic E-state index is 4.37.